The summed E-state index contributed by atoms with van der Waals surface area (Å²) in [6.07, 6.45) is 0. The monoisotopic (exact) mass is 356 g/mol. The Labute approximate surface area is 146 Å². The number of hydrogen-bond acceptors (Lipinski definition) is 8. The fourth-order valence-electron chi connectivity index (χ4n) is 2.35. The van der Waals surface area contributed by atoms with E-state index in [0.29, 0.717) is 34.4 Å². The van der Waals surface area contributed by atoms with Gasteiger partial charge < -0.3 is 14.0 Å². The van der Waals surface area contributed by atoms with E-state index in [1.54, 1.807) is 31.2 Å². The van der Waals surface area contributed by atoms with E-state index in [2.05, 4.69) is 25.4 Å². The molecule has 9 nitrogen and oxygen atoms in total. The minimum absolute atomic E-state index is 0.0210. The first-order valence-corrected chi connectivity index (χ1v) is 7.62. The molecule has 10 heteroatoms. The highest BCUT2D eigenvalue weighted by Crippen LogP contribution is 2.28. The van der Waals surface area contributed by atoms with Crippen molar-refractivity contribution in [2.75, 3.05) is 7.11 Å². The lowest BCUT2D eigenvalue weighted by Gasteiger charge is -2.09. The molecule has 0 aromatic carbocycles. The van der Waals surface area contributed by atoms with Crippen LogP contribution in [0.3, 0.4) is 0 Å². The van der Waals surface area contributed by atoms with Crippen LogP contribution in [-0.4, -0.2) is 37.1 Å². The maximum atomic E-state index is 13.2. The van der Waals surface area contributed by atoms with Gasteiger partial charge in [0.1, 0.15) is 12.4 Å². The first-order chi connectivity index (χ1) is 12.6. The number of ether oxygens (including phenoxy) is 2. The molecule has 0 aliphatic rings. The van der Waals surface area contributed by atoms with Crippen molar-refractivity contribution in [2.45, 2.75) is 13.5 Å². The molecule has 0 fully saturated rings. The number of rotatable bonds is 5. The zero-order chi connectivity index (χ0) is 18.1. The standard InChI is InChI=1S/C16H13FN6O3/c1-9-6-11(22-26-9)15-20-19-14-7-12(24-2)16(21-23(14)15)25-8-10-4-3-5-13(17)18-10/h3-7H,8H2,1-2H3. The van der Waals surface area contributed by atoms with E-state index >= 15 is 0 Å². The first-order valence-electron chi connectivity index (χ1n) is 7.62. The Hall–Kier alpha value is -3.56. The molecular formula is C16H13FN6O3. The lowest BCUT2D eigenvalue weighted by atomic mass is 10.3. The topological polar surface area (TPSA) is 100 Å². The second-order valence-corrected chi connectivity index (χ2v) is 5.37. The Balaban J connectivity index is 1.71. The number of nitrogens with zero attached hydrogens (tertiary/aromatic N) is 6. The van der Waals surface area contributed by atoms with Gasteiger partial charge in [0.25, 0.3) is 5.88 Å². The Kier molecular flexibility index (Phi) is 3.92. The molecule has 0 unspecified atom stereocenters. The number of aryl methyl sites for hydroxylation is 1. The summed E-state index contributed by atoms with van der Waals surface area (Å²) in [5.41, 5.74) is 1.37. The van der Waals surface area contributed by atoms with Crippen LogP contribution in [0.25, 0.3) is 17.2 Å². The molecule has 4 heterocycles. The van der Waals surface area contributed by atoms with E-state index in [9.17, 15) is 4.39 Å². The molecule has 0 atom stereocenters. The highest BCUT2D eigenvalue weighted by atomic mass is 19.1. The van der Waals surface area contributed by atoms with Gasteiger partial charge in [-0.1, -0.05) is 11.2 Å². The van der Waals surface area contributed by atoms with Crippen molar-refractivity contribution >= 4 is 5.65 Å². The predicted molar refractivity (Wildman–Crippen MR) is 86.1 cm³/mol. The summed E-state index contributed by atoms with van der Waals surface area (Å²) in [5.74, 6) is 1.01. The largest absolute Gasteiger partial charge is 0.491 e. The second kappa shape index (κ2) is 6.39. The SMILES string of the molecule is COc1cc2nnc(-c3cc(C)on3)n2nc1OCc1cccc(F)n1. The molecule has 4 aromatic rings. The summed E-state index contributed by atoms with van der Waals surface area (Å²) in [6.45, 7) is 1.80. The van der Waals surface area contributed by atoms with Gasteiger partial charge in [-0.15, -0.1) is 15.3 Å². The van der Waals surface area contributed by atoms with Crippen molar-refractivity contribution in [3.05, 3.63) is 47.7 Å². The van der Waals surface area contributed by atoms with Crippen LogP contribution < -0.4 is 9.47 Å². The minimum atomic E-state index is -0.580. The summed E-state index contributed by atoms with van der Waals surface area (Å²) in [5, 5.41) is 16.4. The van der Waals surface area contributed by atoms with E-state index in [1.807, 2.05) is 0 Å². The van der Waals surface area contributed by atoms with Gasteiger partial charge in [0, 0.05) is 12.1 Å². The van der Waals surface area contributed by atoms with Crippen LogP contribution in [0.15, 0.2) is 34.9 Å². The summed E-state index contributed by atoms with van der Waals surface area (Å²) in [6, 6.07) is 7.82. The van der Waals surface area contributed by atoms with Gasteiger partial charge in [0.2, 0.25) is 11.8 Å². The van der Waals surface area contributed by atoms with Gasteiger partial charge in [-0.05, 0) is 19.1 Å². The maximum absolute atomic E-state index is 13.2. The van der Waals surface area contributed by atoms with Crippen LogP contribution in [0, 0.1) is 12.9 Å². The van der Waals surface area contributed by atoms with E-state index in [4.69, 9.17) is 14.0 Å². The molecule has 26 heavy (non-hydrogen) atoms. The van der Waals surface area contributed by atoms with E-state index in [-0.39, 0.29) is 12.5 Å². The molecule has 4 rings (SSSR count). The quantitative estimate of drug-likeness (QED) is 0.502. The van der Waals surface area contributed by atoms with Crippen LogP contribution >= 0.6 is 0 Å². The summed E-state index contributed by atoms with van der Waals surface area (Å²) in [7, 11) is 1.49. The van der Waals surface area contributed by atoms with Gasteiger partial charge >= 0.3 is 0 Å². The summed E-state index contributed by atoms with van der Waals surface area (Å²) >= 11 is 0. The molecule has 0 radical (unpaired) electrons. The van der Waals surface area contributed by atoms with Crippen LogP contribution in [-0.2, 0) is 6.61 Å². The third-order valence-corrected chi connectivity index (χ3v) is 3.53. The van der Waals surface area contributed by atoms with E-state index < -0.39 is 5.95 Å². The molecule has 0 saturated heterocycles. The van der Waals surface area contributed by atoms with Gasteiger partial charge in [0.05, 0.1) is 12.8 Å². The van der Waals surface area contributed by atoms with Crippen molar-refractivity contribution < 1.29 is 18.4 Å². The fraction of sp³-hybridized carbons (Fsp3) is 0.188. The van der Waals surface area contributed by atoms with Crippen molar-refractivity contribution in [1.82, 2.24) is 30.0 Å². The van der Waals surface area contributed by atoms with Crippen molar-refractivity contribution in [1.29, 1.82) is 0 Å². The normalized spacial score (nSPS) is 11.0. The van der Waals surface area contributed by atoms with Gasteiger partial charge in [-0.2, -0.15) is 8.91 Å². The molecule has 0 amide bonds. The number of halogens is 1. The smallest absolute Gasteiger partial charge is 0.275 e. The molecular weight excluding hydrogens is 343 g/mol. The van der Waals surface area contributed by atoms with Gasteiger partial charge in [-0.3, -0.25) is 0 Å². The zero-order valence-corrected chi connectivity index (χ0v) is 13.9. The third-order valence-electron chi connectivity index (χ3n) is 3.53. The van der Waals surface area contributed by atoms with Crippen LogP contribution in [0.1, 0.15) is 11.5 Å². The first kappa shape index (κ1) is 15.9. The third kappa shape index (κ3) is 2.92. The number of aromatic nitrogens is 6. The highest BCUT2D eigenvalue weighted by Gasteiger charge is 2.17. The average molecular weight is 356 g/mol. The highest BCUT2D eigenvalue weighted by molar-refractivity contribution is 5.56. The Morgan fingerprint density at radius 3 is 2.85 bits per heavy atom. The van der Waals surface area contributed by atoms with E-state index in [1.165, 1.54) is 17.7 Å². The fourth-order valence-corrected chi connectivity index (χ4v) is 2.35. The van der Waals surface area contributed by atoms with Crippen LogP contribution in [0.5, 0.6) is 11.6 Å². The molecule has 0 aliphatic carbocycles. The number of fused-ring (bicyclic) bond motifs is 1. The van der Waals surface area contributed by atoms with Crippen molar-refractivity contribution in [3.8, 4) is 23.1 Å². The molecule has 0 bridgehead atoms. The zero-order valence-electron chi connectivity index (χ0n) is 13.9. The second-order valence-electron chi connectivity index (χ2n) is 5.37. The molecule has 0 spiro atoms. The molecule has 0 aliphatic heterocycles. The molecule has 132 valence electrons. The predicted octanol–water partition coefficient (Wildman–Crippen LogP) is 2.21. The molecule has 4 aromatic heterocycles. The maximum Gasteiger partial charge on any atom is 0.275 e. The number of methoxy groups -OCH3 is 1. The van der Waals surface area contributed by atoms with Crippen LogP contribution in [0.2, 0.25) is 0 Å². The molecule has 0 saturated carbocycles. The summed E-state index contributed by atoms with van der Waals surface area (Å²) in [4.78, 5) is 3.75. The average Bonchev–Trinajstić information content (AvgIpc) is 3.24. The summed E-state index contributed by atoms with van der Waals surface area (Å²) < 4.78 is 30.7. The molecule has 0 N–H and O–H groups in total. The number of hydrogen-bond donors (Lipinski definition) is 0. The Morgan fingerprint density at radius 2 is 2.12 bits per heavy atom. The van der Waals surface area contributed by atoms with E-state index in [0.717, 1.165) is 0 Å². The van der Waals surface area contributed by atoms with Gasteiger partial charge in [0.15, 0.2) is 17.1 Å². The Morgan fingerprint density at radius 1 is 1.23 bits per heavy atom. The Bertz CT molecular complexity index is 1080. The van der Waals surface area contributed by atoms with Crippen LogP contribution in [0.4, 0.5) is 4.39 Å². The lowest BCUT2D eigenvalue weighted by molar-refractivity contribution is 0.263. The van der Waals surface area contributed by atoms with Crippen molar-refractivity contribution in [2.24, 2.45) is 0 Å². The lowest BCUT2D eigenvalue weighted by Crippen LogP contribution is -2.05. The van der Waals surface area contributed by atoms with Gasteiger partial charge in [-0.25, -0.2) is 4.98 Å². The number of pyridine rings is 1. The van der Waals surface area contributed by atoms with Crippen molar-refractivity contribution in [3.63, 3.8) is 0 Å². The minimum Gasteiger partial charge on any atom is -0.491 e.